The van der Waals surface area contributed by atoms with Crippen LogP contribution in [0.5, 0.6) is 5.75 Å². The normalized spacial score (nSPS) is 16.1. The SMILES string of the molecule is CCOc1cc(CN2CCC(Nc3cccnc3)CC2)ccc1C. The number of likely N-dealkylation sites (tertiary alicyclic amines) is 1. The van der Waals surface area contributed by atoms with Crippen molar-refractivity contribution >= 4 is 5.69 Å². The summed E-state index contributed by atoms with van der Waals surface area (Å²) >= 11 is 0. The lowest BCUT2D eigenvalue weighted by Gasteiger charge is -2.33. The third kappa shape index (κ3) is 4.48. The number of piperidine rings is 1. The van der Waals surface area contributed by atoms with Crippen LogP contribution in [0.3, 0.4) is 0 Å². The van der Waals surface area contributed by atoms with E-state index in [0.29, 0.717) is 6.04 Å². The van der Waals surface area contributed by atoms with Crippen molar-refractivity contribution in [2.75, 3.05) is 25.0 Å². The van der Waals surface area contributed by atoms with Crippen molar-refractivity contribution in [3.63, 3.8) is 0 Å². The summed E-state index contributed by atoms with van der Waals surface area (Å²) < 4.78 is 5.72. The van der Waals surface area contributed by atoms with Gasteiger partial charge in [0.1, 0.15) is 5.75 Å². The molecule has 1 fully saturated rings. The molecule has 4 nitrogen and oxygen atoms in total. The van der Waals surface area contributed by atoms with Crippen LogP contribution in [-0.2, 0) is 6.54 Å². The second kappa shape index (κ2) is 8.15. The van der Waals surface area contributed by atoms with E-state index in [1.165, 1.54) is 24.0 Å². The van der Waals surface area contributed by atoms with Gasteiger partial charge < -0.3 is 10.1 Å². The maximum atomic E-state index is 5.72. The molecule has 0 bridgehead atoms. The predicted octanol–water partition coefficient (Wildman–Crippen LogP) is 3.87. The molecule has 0 radical (unpaired) electrons. The molecule has 0 amide bonds. The molecule has 0 aliphatic carbocycles. The topological polar surface area (TPSA) is 37.4 Å². The van der Waals surface area contributed by atoms with E-state index in [0.717, 1.165) is 37.7 Å². The molecule has 24 heavy (non-hydrogen) atoms. The van der Waals surface area contributed by atoms with Crippen LogP contribution in [0.1, 0.15) is 30.9 Å². The summed E-state index contributed by atoms with van der Waals surface area (Å²) in [6.45, 7) is 8.09. The number of aromatic nitrogens is 1. The quantitative estimate of drug-likeness (QED) is 0.875. The fraction of sp³-hybridized carbons (Fsp3) is 0.450. The molecule has 1 N–H and O–H groups in total. The zero-order chi connectivity index (χ0) is 16.8. The summed E-state index contributed by atoms with van der Waals surface area (Å²) in [5, 5.41) is 3.59. The number of hydrogen-bond acceptors (Lipinski definition) is 4. The van der Waals surface area contributed by atoms with Crippen LogP contribution in [0.4, 0.5) is 5.69 Å². The van der Waals surface area contributed by atoms with Crippen LogP contribution in [-0.4, -0.2) is 35.6 Å². The van der Waals surface area contributed by atoms with E-state index in [1.807, 2.05) is 25.4 Å². The van der Waals surface area contributed by atoms with Gasteiger partial charge in [0.15, 0.2) is 0 Å². The smallest absolute Gasteiger partial charge is 0.122 e. The standard InChI is InChI=1S/C20H27N3O/c1-3-24-20-13-17(7-6-16(20)2)15-23-11-8-18(9-12-23)22-19-5-4-10-21-14-19/h4-7,10,13-14,18,22H,3,8-9,11-12,15H2,1-2H3. The maximum absolute atomic E-state index is 5.72. The molecule has 3 rings (SSSR count). The summed E-state index contributed by atoms with van der Waals surface area (Å²) in [5.74, 6) is 1.02. The lowest BCUT2D eigenvalue weighted by atomic mass is 10.0. The van der Waals surface area contributed by atoms with Crippen molar-refractivity contribution in [2.24, 2.45) is 0 Å². The number of rotatable bonds is 6. The van der Waals surface area contributed by atoms with Crippen molar-refractivity contribution in [3.05, 3.63) is 53.9 Å². The second-order valence-electron chi connectivity index (χ2n) is 6.47. The Bertz CT molecular complexity index is 637. The number of hydrogen-bond donors (Lipinski definition) is 1. The van der Waals surface area contributed by atoms with Gasteiger partial charge in [-0.2, -0.15) is 0 Å². The number of benzene rings is 1. The first-order valence-electron chi connectivity index (χ1n) is 8.86. The number of nitrogens with zero attached hydrogens (tertiary/aromatic N) is 2. The number of ether oxygens (including phenoxy) is 1. The van der Waals surface area contributed by atoms with E-state index in [1.54, 1.807) is 0 Å². The molecule has 1 aliphatic heterocycles. The third-order valence-corrected chi connectivity index (χ3v) is 4.58. The van der Waals surface area contributed by atoms with Crippen LogP contribution in [0.2, 0.25) is 0 Å². The van der Waals surface area contributed by atoms with Gasteiger partial charge in [-0.15, -0.1) is 0 Å². The van der Waals surface area contributed by atoms with Gasteiger partial charge in [0.25, 0.3) is 0 Å². The molecule has 0 atom stereocenters. The summed E-state index contributed by atoms with van der Waals surface area (Å²) in [7, 11) is 0. The highest BCUT2D eigenvalue weighted by Gasteiger charge is 2.19. The van der Waals surface area contributed by atoms with Crippen molar-refractivity contribution in [1.29, 1.82) is 0 Å². The van der Waals surface area contributed by atoms with Gasteiger partial charge >= 0.3 is 0 Å². The molecule has 0 saturated carbocycles. The van der Waals surface area contributed by atoms with Gasteiger partial charge in [-0.1, -0.05) is 12.1 Å². The largest absolute Gasteiger partial charge is 0.494 e. The number of nitrogens with one attached hydrogen (secondary N) is 1. The Balaban J connectivity index is 1.51. The highest BCUT2D eigenvalue weighted by Crippen LogP contribution is 2.22. The van der Waals surface area contributed by atoms with E-state index in [2.05, 4.69) is 46.4 Å². The summed E-state index contributed by atoms with van der Waals surface area (Å²) in [6, 6.07) is 11.2. The van der Waals surface area contributed by atoms with E-state index >= 15 is 0 Å². The maximum Gasteiger partial charge on any atom is 0.122 e. The molecule has 1 saturated heterocycles. The van der Waals surface area contributed by atoms with Crippen LogP contribution in [0.25, 0.3) is 0 Å². The molecule has 2 aromatic rings. The zero-order valence-electron chi connectivity index (χ0n) is 14.7. The van der Waals surface area contributed by atoms with Crippen molar-refractivity contribution in [1.82, 2.24) is 9.88 Å². The van der Waals surface area contributed by atoms with Crippen LogP contribution in [0, 0.1) is 6.92 Å². The van der Waals surface area contributed by atoms with Crippen molar-refractivity contribution < 1.29 is 4.74 Å². The van der Waals surface area contributed by atoms with E-state index in [4.69, 9.17) is 4.74 Å². The Morgan fingerprint density at radius 3 is 2.79 bits per heavy atom. The molecule has 1 aromatic carbocycles. The van der Waals surface area contributed by atoms with Crippen LogP contribution < -0.4 is 10.1 Å². The first-order valence-corrected chi connectivity index (χ1v) is 8.86. The Hall–Kier alpha value is -2.07. The summed E-state index contributed by atoms with van der Waals surface area (Å²) in [4.78, 5) is 6.70. The monoisotopic (exact) mass is 325 g/mol. The molecule has 1 aliphatic rings. The predicted molar refractivity (Wildman–Crippen MR) is 98.5 cm³/mol. The average Bonchev–Trinajstić information content (AvgIpc) is 2.61. The van der Waals surface area contributed by atoms with Gasteiger partial charge in [0, 0.05) is 38.1 Å². The molecule has 2 heterocycles. The lowest BCUT2D eigenvalue weighted by Crippen LogP contribution is -2.38. The fourth-order valence-electron chi connectivity index (χ4n) is 3.23. The highest BCUT2D eigenvalue weighted by atomic mass is 16.5. The number of anilines is 1. The summed E-state index contributed by atoms with van der Waals surface area (Å²) in [5.41, 5.74) is 3.67. The minimum Gasteiger partial charge on any atom is -0.494 e. The molecule has 4 heteroatoms. The van der Waals surface area contributed by atoms with Gasteiger partial charge in [0.2, 0.25) is 0 Å². The Morgan fingerprint density at radius 2 is 2.08 bits per heavy atom. The highest BCUT2D eigenvalue weighted by molar-refractivity contribution is 5.41. The zero-order valence-corrected chi connectivity index (χ0v) is 14.7. The molecule has 0 spiro atoms. The first kappa shape index (κ1) is 16.8. The Morgan fingerprint density at radius 1 is 1.25 bits per heavy atom. The second-order valence-corrected chi connectivity index (χ2v) is 6.47. The Kier molecular flexibility index (Phi) is 5.70. The fourth-order valence-corrected chi connectivity index (χ4v) is 3.23. The molecule has 0 unspecified atom stereocenters. The molecule has 1 aromatic heterocycles. The molecular formula is C20H27N3O. The molecular weight excluding hydrogens is 298 g/mol. The van der Waals surface area contributed by atoms with Gasteiger partial charge in [-0.25, -0.2) is 0 Å². The molecule has 128 valence electrons. The first-order chi connectivity index (χ1) is 11.7. The number of aryl methyl sites for hydroxylation is 1. The Labute approximate surface area is 144 Å². The third-order valence-electron chi connectivity index (χ3n) is 4.58. The lowest BCUT2D eigenvalue weighted by molar-refractivity contribution is 0.211. The van der Waals surface area contributed by atoms with Gasteiger partial charge in [-0.05, 0) is 56.0 Å². The van der Waals surface area contributed by atoms with Gasteiger partial charge in [0.05, 0.1) is 12.3 Å². The summed E-state index contributed by atoms with van der Waals surface area (Å²) in [6.07, 6.45) is 6.04. The minimum absolute atomic E-state index is 0.544. The van der Waals surface area contributed by atoms with Crippen molar-refractivity contribution in [3.8, 4) is 5.75 Å². The minimum atomic E-state index is 0.544. The van der Waals surface area contributed by atoms with Gasteiger partial charge in [-0.3, -0.25) is 9.88 Å². The average molecular weight is 325 g/mol. The van der Waals surface area contributed by atoms with Crippen LogP contribution in [0.15, 0.2) is 42.7 Å². The van der Waals surface area contributed by atoms with E-state index in [9.17, 15) is 0 Å². The van der Waals surface area contributed by atoms with E-state index in [-0.39, 0.29) is 0 Å². The van der Waals surface area contributed by atoms with Crippen LogP contribution >= 0.6 is 0 Å². The van der Waals surface area contributed by atoms with E-state index < -0.39 is 0 Å². The number of pyridine rings is 1. The van der Waals surface area contributed by atoms with Crippen molar-refractivity contribution in [2.45, 2.75) is 39.3 Å².